The highest BCUT2D eigenvalue weighted by atomic mass is 19.1. The van der Waals surface area contributed by atoms with Crippen LogP contribution in [0.3, 0.4) is 0 Å². The standard InChI is InChI=1S/C27H27FN2O3/c1-18-6-3-4-7-22(18)16-30-17-24(15-25(30)27(32)33-2)29-26(31)20-12-10-19(11-13-20)21-8-5-9-23(28)14-21/h3-14,24-25H,15-17H2,1-2H3,(H,29,31)/t24-,25+/m1/s1. The van der Waals surface area contributed by atoms with Crippen LogP contribution in [0.2, 0.25) is 0 Å². The number of hydrogen-bond donors (Lipinski definition) is 1. The molecule has 1 aliphatic rings. The summed E-state index contributed by atoms with van der Waals surface area (Å²) in [5.41, 5.74) is 4.41. The second-order valence-electron chi connectivity index (χ2n) is 8.39. The van der Waals surface area contributed by atoms with Crippen LogP contribution in [-0.4, -0.2) is 42.5 Å². The molecule has 3 aromatic rings. The zero-order valence-corrected chi connectivity index (χ0v) is 18.8. The predicted octanol–water partition coefficient (Wildman–Crippen LogP) is 4.35. The molecular formula is C27H27FN2O3. The van der Waals surface area contributed by atoms with Crippen LogP contribution in [-0.2, 0) is 16.1 Å². The zero-order valence-electron chi connectivity index (χ0n) is 18.8. The molecule has 1 aliphatic heterocycles. The third-order valence-corrected chi connectivity index (χ3v) is 6.15. The van der Waals surface area contributed by atoms with E-state index in [1.165, 1.54) is 19.2 Å². The van der Waals surface area contributed by atoms with Crippen molar-refractivity contribution in [2.75, 3.05) is 13.7 Å². The van der Waals surface area contributed by atoms with E-state index in [1.807, 2.05) is 31.2 Å². The Morgan fingerprint density at radius 1 is 1.03 bits per heavy atom. The Kier molecular flexibility index (Phi) is 6.84. The van der Waals surface area contributed by atoms with Crippen molar-refractivity contribution in [3.8, 4) is 11.1 Å². The van der Waals surface area contributed by atoms with E-state index in [1.54, 1.807) is 30.3 Å². The van der Waals surface area contributed by atoms with Gasteiger partial charge in [-0.1, -0.05) is 48.5 Å². The summed E-state index contributed by atoms with van der Waals surface area (Å²) < 4.78 is 18.5. The van der Waals surface area contributed by atoms with Crippen LogP contribution in [0.4, 0.5) is 4.39 Å². The molecule has 6 heteroatoms. The first-order valence-corrected chi connectivity index (χ1v) is 11.0. The van der Waals surface area contributed by atoms with Crippen LogP contribution in [0.15, 0.2) is 72.8 Å². The van der Waals surface area contributed by atoms with Crippen molar-refractivity contribution in [3.05, 3.63) is 95.3 Å². The lowest BCUT2D eigenvalue weighted by Gasteiger charge is -2.23. The normalized spacial score (nSPS) is 18.2. The number of rotatable bonds is 6. The first kappa shape index (κ1) is 22.7. The molecule has 1 fully saturated rings. The van der Waals surface area contributed by atoms with E-state index >= 15 is 0 Å². The van der Waals surface area contributed by atoms with Crippen LogP contribution >= 0.6 is 0 Å². The second-order valence-corrected chi connectivity index (χ2v) is 8.39. The second kappa shape index (κ2) is 9.96. The smallest absolute Gasteiger partial charge is 0.323 e. The van der Waals surface area contributed by atoms with Crippen molar-refractivity contribution >= 4 is 11.9 Å². The van der Waals surface area contributed by atoms with E-state index in [4.69, 9.17) is 4.74 Å². The van der Waals surface area contributed by atoms with Gasteiger partial charge in [0, 0.05) is 24.7 Å². The molecule has 1 amide bonds. The third-order valence-electron chi connectivity index (χ3n) is 6.15. The van der Waals surface area contributed by atoms with E-state index in [0.29, 0.717) is 25.1 Å². The van der Waals surface area contributed by atoms with Gasteiger partial charge in [0.15, 0.2) is 0 Å². The molecule has 170 valence electrons. The number of amides is 1. The van der Waals surface area contributed by atoms with Gasteiger partial charge in [-0.2, -0.15) is 0 Å². The van der Waals surface area contributed by atoms with E-state index in [2.05, 4.69) is 16.3 Å². The average Bonchev–Trinajstić information content (AvgIpc) is 3.22. The maximum atomic E-state index is 13.5. The highest BCUT2D eigenvalue weighted by molar-refractivity contribution is 5.95. The summed E-state index contributed by atoms with van der Waals surface area (Å²) in [6, 6.07) is 20.9. The number of nitrogens with zero attached hydrogens (tertiary/aromatic N) is 1. The van der Waals surface area contributed by atoms with Gasteiger partial charge in [0.25, 0.3) is 5.91 Å². The van der Waals surface area contributed by atoms with Gasteiger partial charge in [-0.3, -0.25) is 14.5 Å². The van der Waals surface area contributed by atoms with Crippen molar-refractivity contribution < 1.29 is 18.7 Å². The van der Waals surface area contributed by atoms with Gasteiger partial charge >= 0.3 is 5.97 Å². The molecular weight excluding hydrogens is 419 g/mol. The maximum Gasteiger partial charge on any atom is 0.323 e. The molecule has 33 heavy (non-hydrogen) atoms. The molecule has 1 N–H and O–H groups in total. The van der Waals surface area contributed by atoms with E-state index in [-0.39, 0.29) is 23.7 Å². The number of hydrogen-bond acceptors (Lipinski definition) is 4. The molecule has 0 aliphatic carbocycles. The first-order chi connectivity index (χ1) is 15.9. The average molecular weight is 447 g/mol. The molecule has 0 saturated carbocycles. The Balaban J connectivity index is 1.44. The van der Waals surface area contributed by atoms with Crippen molar-refractivity contribution in [1.82, 2.24) is 10.2 Å². The molecule has 0 radical (unpaired) electrons. The summed E-state index contributed by atoms with van der Waals surface area (Å²) >= 11 is 0. The Morgan fingerprint density at radius 3 is 2.48 bits per heavy atom. The van der Waals surface area contributed by atoms with Crippen molar-refractivity contribution in [1.29, 1.82) is 0 Å². The fraction of sp³-hybridized carbons (Fsp3) is 0.259. The number of carbonyl (C=O) groups excluding carboxylic acids is 2. The maximum absolute atomic E-state index is 13.5. The third kappa shape index (κ3) is 5.29. The summed E-state index contributed by atoms with van der Waals surface area (Å²) in [7, 11) is 1.39. The molecule has 0 unspecified atom stereocenters. The van der Waals surface area contributed by atoms with Gasteiger partial charge in [-0.25, -0.2) is 4.39 Å². The van der Waals surface area contributed by atoms with E-state index in [9.17, 15) is 14.0 Å². The van der Waals surface area contributed by atoms with Gasteiger partial charge in [-0.15, -0.1) is 0 Å². The van der Waals surface area contributed by atoms with Gasteiger partial charge in [-0.05, 0) is 59.9 Å². The van der Waals surface area contributed by atoms with Gasteiger partial charge in [0.1, 0.15) is 11.9 Å². The number of methoxy groups -OCH3 is 1. The minimum Gasteiger partial charge on any atom is -0.468 e. The topological polar surface area (TPSA) is 58.6 Å². The number of benzene rings is 3. The fourth-order valence-electron chi connectivity index (χ4n) is 4.32. The monoisotopic (exact) mass is 446 g/mol. The quantitative estimate of drug-likeness (QED) is 0.572. The van der Waals surface area contributed by atoms with Crippen LogP contribution < -0.4 is 5.32 Å². The molecule has 3 aromatic carbocycles. The lowest BCUT2D eigenvalue weighted by molar-refractivity contribution is -0.146. The molecule has 4 rings (SSSR count). The SMILES string of the molecule is COC(=O)[C@@H]1C[C@@H](NC(=O)c2ccc(-c3cccc(F)c3)cc2)CN1Cc1ccccc1C. The zero-order chi connectivity index (χ0) is 23.4. The molecule has 5 nitrogen and oxygen atoms in total. The molecule has 1 heterocycles. The number of nitrogens with one attached hydrogen (secondary N) is 1. The molecule has 2 atom stereocenters. The summed E-state index contributed by atoms with van der Waals surface area (Å²) in [5, 5.41) is 3.05. The van der Waals surface area contributed by atoms with E-state index in [0.717, 1.165) is 22.3 Å². The Labute approximate surface area is 193 Å². The van der Waals surface area contributed by atoms with Crippen LogP contribution in [0.5, 0.6) is 0 Å². The number of esters is 1. The minimum absolute atomic E-state index is 0.173. The lowest BCUT2D eigenvalue weighted by Crippen LogP contribution is -2.37. The Morgan fingerprint density at radius 2 is 1.79 bits per heavy atom. The van der Waals surface area contributed by atoms with Gasteiger partial charge < -0.3 is 10.1 Å². The fourth-order valence-corrected chi connectivity index (χ4v) is 4.32. The molecule has 0 spiro atoms. The van der Waals surface area contributed by atoms with Crippen molar-refractivity contribution in [2.45, 2.75) is 32.0 Å². The molecule has 0 bridgehead atoms. The lowest BCUT2D eigenvalue weighted by atomic mass is 10.0. The van der Waals surface area contributed by atoms with Gasteiger partial charge in [0.2, 0.25) is 0 Å². The Bertz CT molecular complexity index is 1150. The van der Waals surface area contributed by atoms with Crippen LogP contribution in [0, 0.1) is 12.7 Å². The van der Waals surface area contributed by atoms with Crippen LogP contribution in [0.1, 0.15) is 27.9 Å². The number of ether oxygens (including phenoxy) is 1. The first-order valence-electron chi connectivity index (χ1n) is 11.0. The number of halogens is 1. The van der Waals surface area contributed by atoms with Crippen molar-refractivity contribution in [3.63, 3.8) is 0 Å². The predicted molar refractivity (Wildman–Crippen MR) is 125 cm³/mol. The number of carbonyl (C=O) groups is 2. The minimum atomic E-state index is -0.407. The summed E-state index contributed by atoms with van der Waals surface area (Å²) in [5.74, 6) is -0.794. The largest absolute Gasteiger partial charge is 0.468 e. The summed E-state index contributed by atoms with van der Waals surface area (Å²) in [6.07, 6.45) is 0.492. The number of aryl methyl sites for hydroxylation is 1. The highest BCUT2D eigenvalue weighted by Crippen LogP contribution is 2.24. The summed E-state index contributed by atoms with van der Waals surface area (Å²) in [6.45, 7) is 3.22. The molecule has 1 saturated heterocycles. The van der Waals surface area contributed by atoms with Crippen LogP contribution in [0.25, 0.3) is 11.1 Å². The number of likely N-dealkylation sites (tertiary alicyclic amines) is 1. The molecule has 0 aromatic heterocycles. The highest BCUT2D eigenvalue weighted by Gasteiger charge is 2.38. The van der Waals surface area contributed by atoms with E-state index < -0.39 is 6.04 Å². The Hall–Kier alpha value is -3.51. The van der Waals surface area contributed by atoms with Gasteiger partial charge in [0.05, 0.1) is 7.11 Å². The van der Waals surface area contributed by atoms with Crippen molar-refractivity contribution in [2.24, 2.45) is 0 Å². The summed E-state index contributed by atoms with van der Waals surface area (Å²) in [4.78, 5) is 27.3.